The number of hydrogen-bond acceptors (Lipinski definition) is 4. The Morgan fingerprint density at radius 1 is 1.30 bits per heavy atom. The van der Waals surface area contributed by atoms with Crippen molar-refractivity contribution in [1.82, 2.24) is 10.0 Å². The topological polar surface area (TPSA) is 71.3 Å². The summed E-state index contributed by atoms with van der Waals surface area (Å²) in [6.45, 7) is 2.76. The van der Waals surface area contributed by atoms with Crippen LogP contribution in [0.4, 0.5) is 0 Å². The predicted octanol–water partition coefficient (Wildman–Crippen LogP) is 2.25. The smallest absolute Gasteiger partial charge is 0.273 e. The van der Waals surface area contributed by atoms with E-state index in [2.05, 4.69) is 17.0 Å². The highest BCUT2D eigenvalue weighted by molar-refractivity contribution is 7.89. The molecule has 1 aromatic heterocycles. The normalized spacial score (nSPS) is 19.1. The van der Waals surface area contributed by atoms with E-state index in [4.69, 9.17) is 4.42 Å². The van der Waals surface area contributed by atoms with Crippen LogP contribution in [0.2, 0.25) is 0 Å². The lowest BCUT2D eigenvalue weighted by Gasteiger charge is -2.28. The summed E-state index contributed by atoms with van der Waals surface area (Å²) in [5.41, 5.74) is 0. The number of rotatable bonds is 6. The maximum atomic E-state index is 11.6. The van der Waals surface area contributed by atoms with Gasteiger partial charge in [-0.15, -0.1) is 0 Å². The molecule has 6 heteroatoms. The van der Waals surface area contributed by atoms with Crippen LogP contribution in [0.3, 0.4) is 0 Å². The molecule has 0 bridgehead atoms. The van der Waals surface area contributed by atoms with Crippen molar-refractivity contribution < 1.29 is 12.8 Å². The highest BCUT2D eigenvalue weighted by Crippen LogP contribution is 2.26. The second-order valence-electron chi connectivity index (χ2n) is 5.50. The number of furan rings is 1. The zero-order valence-electron chi connectivity index (χ0n) is 12.2. The zero-order chi connectivity index (χ0) is 14.6. The molecule has 0 saturated heterocycles. The molecule has 1 aliphatic rings. The monoisotopic (exact) mass is 300 g/mol. The van der Waals surface area contributed by atoms with Crippen LogP contribution in [0.25, 0.3) is 0 Å². The van der Waals surface area contributed by atoms with Crippen molar-refractivity contribution in [3.8, 4) is 0 Å². The van der Waals surface area contributed by atoms with Crippen molar-refractivity contribution >= 4 is 10.0 Å². The Labute approximate surface area is 121 Å². The molecule has 0 spiro atoms. The average Bonchev–Trinajstić information content (AvgIpc) is 2.95. The fourth-order valence-corrected chi connectivity index (χ4v) is 3.43. The Morgan fingerprint density at radius 3 is 2.65 bits per heavy atom. The number of nitrogens with one attached hydrogen (secondary N) is 2. The third kappa shape index (κ3) is 3.84. The van der Waals surface area contributed by atoms with E-state index in [1.807, 2.05) is 0 Å². The summed E-state index contributed by atoms with van der Waals surface area (Å²) in [4.78, 5) is 0. The van der Waals surface area contributed by atoms with Gasteiger partial charge in [0.1, 0.15) is 5.76 Å². The minimum absolute atomic E-state index is 0.0258. The predicted molar refractivity (Wildman–Crippen MR) is 77.8 cm³/mol. The molecular weight excluding hydrogens is 276 g/mol. The standard InChI is InChI=1S/C14H24N2O3S/c1-11(12-6-4-3-5-7-12)16-10-13-8-9-14(19-13)20(17,18)15-2/h8-9,11-12,15-16H,3-7,10H2,1-2H3/t11-/m0/s1. The van der Waals surface area contributed by atoms with Gasteiger partial charge in [-0.2, -0.15) is 0 Å². The van der Waals surface area contributed by atoms with Gasteiger partial charge < -0.3 is 9.73 Å². The molecular formula is C14H24N2O3S. The second-order valence-corrected chi connectivity index (χ2v) is 7.31. The molecule has 1 aromatic rings. The van der Waals surface area contributed by atoms with Crippen molar-refractivity contribution in [3.05, 3.63) is 17.9 Å². The summed E-state index contributed by atoms with van der Waals surface area (Å²) in [6, 6.07) is 3.64. The summed E-state index contributed by atoms with van der Waals surface area (Å²) < 4.78 is 30.8. The molecule has 2 N–H and O–H groups in total. The van der Waals surface area contributed by atoms with Crippen molar-refractivity contribution in [2.75, 3.05) is 7.05 Å². The van der Waals surface area contributed by atoms with Crippen LogP contribution in [0.1, 0.15) is 44.8 Å². The van der Waals surface area contributed by atoms with Gasteiger partial charge in [-0.1, -0.05) is 19.3 Å². The Balaban J connectivity index is 1.88. The summed E-state index contributed by atoms with van der Waals surface area (Å²) in [5.74, 6) is 1.38. The highest BCUT2D eigenvalue weighted by atomic mass is 32.2. The Kier molecular flexibility index (Phi) is 5.23. The summed E-state index contributed by atoms with van der Waals surface area (Å²) in [5, 5.41) is 3.42. The van der Waals surface area contributed by atoms with Gasteiger partial charge >= 0.3 is 0 Å². The molecule has 0 amide bonds. The van der Waals surface area contributed by atoms with E-state index >= 15 is 0 Å². The largest absolute Gasteiger partial charge is 0.447 e. The maximum Gasteiger partial charge on any atom is 0.273 e. The van der Waals surface area contributed by atoms with Crippen LogP contribution in [-0.4, -0.2) is 21.5 Å². The van der Waals surface area contributed by atoms with Gasteiger partial charge in [-0.05, 0) is 44.9 Å². The molecule has 5 nitrogen and oxygen atoms in total. The molecule has 1 fully saturated rings. The van der Waals surface area contributed by atoms with Gasteiger partial charge in [0.25, 0.3) is 10.0 Å². The van der Waals surface area contributed by atoms with E-state index < -0.39 is 10.0 Å². The van der Waals surface area contributed by atoms with Crippen LogP contribution >= 0.6 is 0 Å². The Bertz CT molecular complexity index is 518. The molecule has 1 saturated carbocycles. The number of hydrogen-bond donors (Lipinski definition) is 2. The van der Waals surface area contributed by atoms with Crippen molar-refractivity contribution in [3.63, 3.8) is 0 Å². The average molecular weight is 300 g/mol. The van der Waals surface area contributed by atoms with Crippen molar-refractivity contribution in [2.24, 2.45) is 5.92 Å². The van der Waals surface area contributed by atoms with Crippen LogP contribution in [0.5, 0.6) is 0 Å². The molecule has 2 rings (SSSR count). The zero-order valence-corrected chi connectivity index (χ0v) is 13.0. The van der Waals surface area contributed by atoms with E-state index in [1.165, 1.54) is 45.2 Å². The summed E-state index contributed by atoms with van der Waals surface area (Å²) in [6.07, 6.45) is 6.56. The van der Waals surface area contributed by atoms with Gasteiger partial charge in [-0.3, -0.25) is 0 Å². The van der Waals surface area contributed by atoms with Crippen LogP contribution < -0.4 is 10.0 Å². The van der Waals surface area contributed by atoms with Crippen LogP contribution in [-0.2, 0) is 16.6 Å². The van der Waals surface area contributed by atoms with E-state index in [0.29, 0.717) is 18.3 Å². The second kappa shape index (κ2) is 6.74. The quantitative estimate of drug-likeness (QED) is 0.845. The van der Waals surface area contributed by atoms with Gasteiger partial charge in [0.2, 0.25) is 5.09 Å². The molecule has 20 heavy (non-hydrogen) atoms. The first-order valence-corrected chi connectivity index (χ1v) is 8.77. The third-order valence-corrected chi connectivity index (χ3v) is 5.41. The Hall–Kier alpha value is -0.850. The van der Waals surface area contributed by atoms with Gasteiger partial charge in [0.05, 0.1) is 6.54 Å². The lowest BCUT2D eigenvalue weighted by atomic mass is 9.84. The van der Waals surface area contributed by atoms with E-state index in [9.17, 15) is 8.42 Å². The molecule has 1 heterocycles. The first-order valence-electron chi connectivity index (χ1n) is 7.28. The van der Waals surface area contributed by atoms with Gasteiger partial charge in [0, 0.05) is 6.04 Å². The Morgan fingerprint density at radius 2 is 2.00 bits per heavy atom. The van der Waals surface area contributed by atoms with Gasteiger partial charge in [0.15, 0.2) is 0 Å². The van der Waals surface area contributed by atoms with Crippen LogP contribution in [0.15, 0.2) is 21.6 Å². The fraction of sp³-hybridized carbons (Fsp3) is 0.714. The molecule has 0 aromatic carbocycles. The molecule has 114 valence electrons. The van der Waals surface area contributed by atoms with E-state index in [-0.39, 0.29) is 5.09 Å². The maximum absolute atomic E-state index is 11.6. The molecule has 1 aliphatic carbocycles. The van der Waals surface area contributed by atoms with Crippen molar-refractivity contribution in [1.29, 1.82) is 0 Å². The molecule has 0 aliphatic heterocycles. The SMILES string of the molecule is CNS(=O)(=O)c1ccc(CN[C@@H](C)C2CCCCC2)o1. The molecule has 0 unspecified atom stereocenters. The summed E-state index contributed by atoms with van der Waals surface area (Å²) >= 11 is 0. The minimum Gasteiger partial charge on any atom is -0.447 e. The lowest BCUT2D eigenvalue weighted by Crippen LogP contribution is -2.34. The highest BCUT2D eigenvalue weighted by Gasteiger charge is 2.20. The summed E-state index contributed by atoms with van der Waals surface area (Å²) in [7, 11) is -2.10. The van der Waals surface area contributed by atoms with E-state index in [0.717, 1.165) is 5.92 Å². The van der Waals surface area contributed by atoms with Crippen molar-refractivity contribution in [2.45, 2.75) is 56.7 Å². The first kappa shape index (κ1) is 15.5. The number of sulfonamides is 1. The van der Waals surface area contributed by atoms with Gasteiger partial charge in [-0.25, -0.2) is 13.1 Å². The molecule has 1 atom stereocenters. The third-order valence-electron chi connectivity index (χ3n) is 4.13. The fourth-order valence-electron chi connectivity index (χ4n) is 2.76. The van der Waals surface area contributed by atoms with E-state index in [1.54, 1.807) is 6.07 Å². The first-order chi connectivity index (χ1) is 9.53. The minimum atomic E-state index is -3.48. The van der Waals surface area contributed by atoms with Crippen LogP contribution in [0, 0.1) is 5.92 Å². The lowest BCUT2D eigenvalue weighted by molar-refractivity contribution is 0.273. The molecule has 0 radical (unpaired) electrons.